The van der Waals surface area contributed by atoms with E-state index in [4.69, 9.17) is 0 Å². The molecule has 0 saturated carbocycles. The summed E-state index contributed by atoms with van der Waals surface area (Å²) in [7, 11) is 0. The molecule has 1 fully saturated rings. The molecule has 0 radical (unpaired) electrons. The van der Waals surface area contributed by atoms with E-state index in [0.717, 1.165) is 11.4 Å². The van der Waals surface area contributed by atoms with Crippen LogP contribution < -0.4 is 0 Å². The molecule has 1 aliphatic heterocycles. The standard InChI is InChI=1S/C20H26N2O3S/c1-7-8-21-13(2)9-15(14(21)3)16(23)11-22-18(25)12-26-19(22)10-17(24)20(4,5)6/h7,9-10H,1,8,11-12H2,2-6H3/b19-10-. The summed E-state index contributed by atoms with van der Waals surface area (Å²) in [5.74, 6) is -0.0719. The van der Waals surface area contributed by atoms with Gasteiger partial charge in [0.15, 0.2) is 11.6 Å². The summed E-state index contributed by atoms with van der Waals surface area (Å²) in [5.41, 5.74) is 1.93. The first-order chi connectivity index (χ1) is 12.1. The lowest BCUT2D eigenvalue weighted by atomic mass is 9.91. The highest BCUT2D eigenvalue weighted by molar-refractivity contribution is 8.04. The first-order valence-corrected chi connectivity index (χ1v) is 9.55. The molecule has 140 valence electrons. The third-order valence-corrected chi connectivity index (χ3v) is 5.42. The summed E-state index contributed by atoms with van der Waals surface area (Å²) in [4.78, 5) is 38.7. The highest BCUT2D eigenvalue weighted by atomic mass is 32.2. The van der Waals surface area contributed by atoms with Gasteiger partial charge in [0, 0.05) is 35.0 Å². The molecule has 5 nitrogen and oxygen atoms in total. The Morgan fingerprint density at radius 3 is 2.54 bits per heavy atom. The molecule has 1 saturated heterocycles. The number of thioether (sulfide) groups is 1. The lowest BCUT2D eigenvalue weighted by Crippen LogP contribution is -2.31. The normalized spacial score (nSPS) is 16.4. The Hall–Kier alpha value is -2.08. The van der Waals surface area contributed by atoms with Crippen LogP contribution in [0.5, 0.6) is 0 Å². The van der Waals surface area contributed by atoms with Crippen molar-refractivity contribution in [1.29, 1.82) is 0 Å². The van der Waals surface area contributed by atoms with Crippen LogP contribution in [-0.2, 0) is 16.1 Å². The van der Waals surface area contributed by atoms with E-state index in [1.165, 1.54) is 22.7 Å². The third-order valence-electron chi connectivity index (χ3n) is 4.39. The zero-order chi connectivity index (χ0) is 19.6. The van der Waals surface area contributed by atoms with Crippen molar-refractivity contribution in [2.45, 2.75) is 41.2 Å². The number of aromatic nitrogens is 1. The van der Waals surface area contributed by atoms with E-state index >= 15 is 0 Å². The minimum Gasteiger partial charge on any atom is -0.345 e. The molecule has 0 N–H and O–H groups in total. The van der Waals surface area contributed by atoms with E-state index in [2.05, 4.69) is 6.58 Å². The van der Waals surface area contributed by atoms with Gasteiger partial charge in [-0.05, 0) is 19.9 Å². The second kappa shape index (κ2) is 7.66. The molecule has 0 aromatic carbocycles. The lowest BCUT2D eigenvalue weighted by molar-refractivity contribution is -0.125. The maximum atomic E-state index is 12.8. The number of ketones is 2. The van der Waals surface area contributed by atoms with E-state index in [9.17, 15) is 14.4 Å². The largest absolute Gasteiger partial charge is 0.345 e. The summed E-state index contributed by atoms with van der Waals surface area (Å²) in [6.07, 6.45) is 3.28. The number of hydrogen-bond acceptors (Lipinski definition) is 4. The van der Waals surface area contributed by atoms with Gasteiger partial charge in [0.2, 0.25) is 5.91 Å². The van der Waals surface area contributed by atoms with Crippen molar-refractivity contribution in [2.75, 3.05) is 12.3 Å². The lowest BCUT2D eigenvalue weighted by Gasteiger charge is -2.18. The number of Topliss-reactive ketones (excluding diaryl/α,β-unsaturated/α-hetero) is 1. The molecule has 0 bridgehead atoms. The number of nitrogens with zero attached hydrogens (tertiary/aromatic N) is 2. The first-order valence-electron chi connectivity index (χ1n) is 8.56. The van der Waals surface area contributed by atoms with Gasteiger partial charge < -0.3 is 4.57 Å². The van der Waals surface area contributed by atoms with Crippen LogP contribution >= 0.6 is 11.8 Å². The molecule has 6 heteroatoms. The summed E-state index contributed by atoms with van der Waals surface area (Å²) in [5, 5.41) is 0.558. The Morgan fingerprint density at radius 1 is 1.31 bits per heavy atom. The molecule has 0 atom stereocenters. The molecule has 26 heavy (non-hydrogen) atoms. The fraction of sp³-hybridized carbons (Fsp3) is 0.450. The van der Waals surface area contributed by atoms with Crippen molar-refractivity contribution >= 4 is 29.2 Å². The van der Waals surface area contributed by atoms with Crippen molar-refractivity contribution in [1.82, 2.24) is 9.47 Å². The average Bonchev–Trinajstić information content (AvgIpc) is 3.02. The number of rotatable bonds is 6. The Labute approximate surface area is 159 Å². The Kier molecular flexibility index (Phi) is 5.96. The Bertz CT molecular complexity index is 797. The molecule has 1 amide bonds. The predicted octanol–water partition coefficient (Wildman–Crippen LogP) is 3.51. The predicted molar refractivity (Wildman–Crippen MR) is 105 cm³/mol. The summed E-state index contributed by atoms with van der Waals surface area (Å²) in [6.45, 7) is 13.7. The minimum absolute atomic E-state index is 0.0481. The van der Waals surface area contributed by atoms with Crippen LogP contribution in [0.25, 0.3) is 0 Å². The van der Waals surface area contributed by atoms with Crippen LogP contribution in [0.2, 0.25) is 0 Å². The zero-order valence-corrected chi connectivity index (χ0v) is 16.9. The van der Waals surface area contributed by atoms with Gasteiger partial charge in [0.25, 0.3) is 0 Å². The van der Waals surface area contributed by atoms with Gasteiger partial charge in [0.1, 0.15) is 0 Å². The molecular weight excluding hydrogens is 348 g/mol. The third kappa shape index (κ3) is 4.18. The summed E-state index contributed by atoms with van der Waals surface area (Å²) >= 11 is 1.31. The molecule has 2 rings (SSSR count). The maximum absolute atomic E-state index is 12.8. The number of carbonyl (C=O) groups is 3. The van der Waals surface area contributed by atoms with Crippen molar-refractivity contribution in [3.8, 4) is 0 Å². The van der Waals surface area contributed by atoms with Crippen LogP contribution in [0.3, 0.4) is 0 Å². The average molecular weight is 375 g/mol. The van der Waals surface area contributed by atoms with Gasteiger partial charge in [-0.25, -0.2) is 0 Å². The van der Waals surface area contributed by atoms with Gasteiger partial charge in [-0.3, -0.25) is 19.3 Å². The van der Waals surface area contributed by atoms with Crippen LogP contribution in [0, 0.1) is 19.3 Å². The molecule has 1 aromatic heterocycles. The van der Waals surface area contributed by atoms with Crippen LogP contribution in [0.4, 0.5) is 0 Å². The monoisotopic (exact) mass is 374 g/mol. The number of aryl methyl sites for hydroxylation is 1. The Morgan fingerprint density at radius 2 is 1.96 bits per heavy atom. The summed E-state index contributed by atoms with van der Waals surface area (Å²) < 4.78 is 2.01. The number of allylic oxidation sites excluding steroid dienone is 2. The van der Waals surface area contributed by atoms with Crippen molar-refractivity contribution in [3.05, 3.63) is 46.8 Å². The second-order valence-corrected chi connectivity index (χ2v) is 8.47. The fourth-order valence-electron chi connectivity index (χ4n) is 2.75. The summed E-state index contributed by atoms with van der Waals surface area (Å²) in [6, 6.07) is 1.85. The highest BCUT2D eigenvalue weighted by Gasteiger charge is 2.31. The SMILES string of the molecule is C=CCn1c(C)cc(C(=O)CN2C(=O)CS/C2=C\C(=O)C(C)(C)C)c1C. The van der Waals surface area contributed by atoms with Crippen LogP contribution in [0.1, 0.15) is 42.5 Å². The first kappa shape index (κ1) is 20.2. The van der Waals surface area contributed by atoms with E-state index < -0.39 is 5.41 Å². The van der Waals surface area contributed by atoms with E-state index in [1.807, 2.05) is 45.3 Å². The van der Waals surface area contributed by atoms with Gasteiger partial charge in [0.05, 0.1) is 17.3 Å². The topological polar surface area (TPSA) is 59.4 Å². The maximum Gasteiger partial charge on any atom is 0.238 e. The molecule has 2 heterocycles. The smallest absolute Gasteiger partial charge is 0.238 e. The number of amides is 1. The minimum atomic E-state index is -0.523. The van der Waals surface area contributed by atoms with Crippen molar-refractivity contribution in [3.63, 3.8) is 0 Å². The zero-order valence-electron chi connectivity index (χ0n) is 16.1. The van der Waals surface area contributed by atoms with E-state index in [0.29, 0.717) is 17.1 Å². The van der Waals surface area contributed by atoms with Gasteiger partial charge in [-0.15, -0.1) is 6.58 Å². The van der Waals surface area contributed by atoms with Gasteiger partial charge in [-0.2, -0.15) is 0 Å². The van der Waals surface area contributed by atoms with E-state index in [1.54, 1.807) is 6.08 Å². The second-order valence-electron chi connectivity index (χ2n) is 7.47. The Balaban J connectivity index is 2.25. The molecule has 0 unspecified atom stereocenters. The van der Waals surface area contributed by atoms with Crippen LogP contribution in [0.15, 0.2) is 29.8 Å². The molecule has 0 spiro atoms. The molecule has 1 aromatic rings. The van der Waals surface area contributed by atoms with Gasteiger partial charge >= 0.3 is 0 Å². The molecule has 0 aliphatic carbocycles. The number of hydrogen-bond donors (Lipinski definition) is 0. The molecular formula is C20H26N2O3S. The molecule has 1 aliphatic rings. The van der Waals surface area contributed by atoms with Crippen LogP contribution in [-0.4, -0.2) is 39.2 Å². The number of carbonyl (C=O) groups excluding carboxylic acids is 3. The fourth-order valence-corrected chi connectivity index (χ4v) is 3.69. The van der Waals surface area contributed by atoms with E-state index in [-0.39, 0.29) is 29.8 Å². The highest BCUT2D eigenvalue weighted by Crippen LogP contribution is 2.31. The quantitative estimate of drug-likeness (QED) is 0.434. The van der Waals surface area contributed by atoms with Gasteiger partial charge in [-0.1, -0.05) is 38.6 Å². The van der Waals surface area contributed by atoms with Crippen molar-refractivity contribution < 1.29 is 14.4 Å². The van der Waals surface area contributed by atoms with Crippen molar-refractivity contribution in [2.24, 2.45) is 5.41 Å².